The number of amides is 1. The number of carbonyl (C=O) groups is 2. The van der Waals surface area contributed by atoms with Gasteiger partial charge in [-0.05, 0) is 44.3 Å². The van der Waals surface area contributed by atoms with Gasteiger partial charge in [0.05, 0.1) is 12.2 Å². The maximum absolute atomic E-state index is 10.6. The summed E-state index contributed by atoms with van der Waals surface area (Å²) in [5.41, 5.74) is 0.798. The summed E-state index contributed by atoms with van der Waals surface area (Å²) in [7, 11) is 2.03. The first-order chi connectivity index (χ1) is 10.4. The molecule has 0 bridgehead atoms. The molecule has 1 rings (SSSR count). The molecule has 22 heavy (non-hydrogen) atoms. The zero-order valence-corrected chi connectivity index (χ0v) is 13.5. The Kier molecular flexibility index (Phi) is 10.7. The van der Waals surface area contributed by atoms with Crippen molar-refractivity contribution in [3.8, 4) is 0 Å². The van der Waals surface area contributed by atoms with Crippen molar-refractivity contribution >= 4 is 17.6 Å². The van der Waals surface area contributed by atoms with Crippen molar-refractivity contribution in [3.63, 3.8) is 0 Å². The number of unbranched alkanes of at least 4 members (excludes halogenated alkanes) is 1. The zero-order valence-electron chi connectivity index (χ0n) is 13.5. The molecule has 0 saturated carbocycles. The number of carboxylic acids is 1. The SMILES string of the molecule is CC(=O)Nc1ccc(C(=O)O)cc1.CCCCN(C)CCO. The molecule has 0 aliphatic carbocycles. The predicted molar refractivity (Wildman–Crippen MR) is 87.2 cm³/mol. The van der Waals surface area contributed by atoms with Gasteiger partial charge in [-0.1, -0.05) is 13.3 Å². The van der Waals surface area contributed by atoms with E-state index in [0.717, 1.165) is 13.1 Å². The summed E-state index contributed by atoms with van der Waals surface area (Å²) in [6.07, 6.45) is 2.46. The third-order valence-electron chi connectivity index (χ3n) is 2.83. The first-order valence-corrected chi connectivity index (χ1v) is 7.31. The molecule has 0 aliphatic heterocycles. The Morgan fingerprint density at radius 2 is 1.77 bits per heavy atom. The van der Waals surface area contributed by atoms with Crippen molar-refractivity contribution in [1.29, 1.82) is 0 Å². The van der Waals surface area contributed by atoms with Gasteiger partial charge in [0.25, 0.3) is 0 Å². The normalized spacial score (nSPS) is 9.86. The fourth-order valence-electron chi connectivity index (χ4n) is 1.61. The number of aromatic carboxylic acids is 1. The number of aliphatic hydroxyl groups excluding tert-OH is 1. The van der Waals surface area contributed by atoms with Crippen LogP contribution >= 0.6 is 0 Å². The van der Waals surface area contributed by atoms with Crippen molar-refractivity contribution in [2.24, 2.45) is 0 Å². The Morgan fingerprint density at radius 1 is 1.18 bits per heavy atom. The largest absolute Gasteiger partial charge is 0.478 e. The number of aliphatic hydroxyl groups is 1. The molecular formula is C16H26N2O4. The minimum Gasteiger partial charge on any atom is -0.478 e. The molecule has 0 saturated heterocycles. The summed E-state index contributed by atoms with van der Waals surface area (Å²) in [5.74, 6) is -1.16. The molecule has 1 aromatic rings. The Balaban J connectivity index is 0.000000433. The van der Waals surface area contributed by atoms with E-state index in [9.17, 15) is 9.59 Å². The summed E-state index contributed by atoms with van der Waals surface area (Å²) in [6, 6.07) is 5.97. The monoisotopic (exact) mass is 310 g/mol. The van der Waals surface area contributed by atoms with E-state index in [2.05, 4.69) is 17.1 Å². The molecule has 0 heterocycles. The molecule has 0 fully saturated rings. The van der Waals surface area contributed by atoms with Crippen molar-refractivity contribution in [1.82, 2.24) is 4.90 Å². The lowest BCUT2D eigenvalue weighted by Crippen LogP contribution is -2.22. The van der Waals surface area contributed by atoms with Crippen molar-refractivity contribution in [2.75, 3.05) is 32.1 Å². The van der Waals surface area contributed by atoms with Crippen LogP contribution in [0.3, 0.4) is 0 Å². The first kappa shape index (κ1) is 20.1. The van der Waals surface area contributed by atoms with Crippen LogP contribution in [0.25, 0.3) is 0 Å². The van der Waals surface area contributed by atoms with Gasteiger partial charge in [-0.25, -0.2) is 4.79 Å². The van der Waals surface area contributed by atoms with Crippen LogP contribution in [-0.2, 0) is 4.79 Å². The van der Waals surface area contributed by atoms with E-state index in [1.807, 2.05) is 7.05 Å². The topological polar surface area (TPSA) is 89.9 Å². The minimum atomic E-state index is -0.977. The van der Waals surface area contributed by atoms with Crippen molar-refractivity contribution in [2.45, 2.75) is 26.7 Å². The Hall–Kier alpha value is -1.92. The molecule has 0 radical (unpaired) electrons. The number of hydrogen-bond acceptors (Lipinski definition) is 4. The highest BCUT2D eigenvalue weighted by molar-refractivity contribution is 5.91. The van der Waals surface area contributed by atoms with E-state index in [1.54, 1.807) is 12.1 Å². The zero-order chi connectivity index (χ0) is 17.0. The van der Waals surface area contributed by atoms with Gasteiger partial charge in [0.2, 0.25) is 5.91 Å². The number of hydrogen-bond donors (Lipinski definition) is 3. The lowest BCUT2D eigenvalue weighted by molar-refractivity contribution is -0.114. The van der Waals surface area contributed by atoms with Crippen molar-refractivity contribution in [3.05, 3.63) is 29.8 Å². The Labute approximate surface area is 131 Å². The second kappa shape index (κ2) is 11.7. The number of nitrogens with zero attached hydrogens (tertiary/aromatic N) is 1. The summed E-state index contributed by atoms with van der Waals surface area (Å²) in [4.78, 5) is 23.2. The highest BCUT2D eigenvalue weighted by atomic mass is 16.4. The van der Waals surface area contributed by atoms with E-state index < -0.39 is 5.97 Å². The highest BCUT2D eigenvalue weighted by Crippen LogP contribution is 2.08. The van der Waals surface area contributed by atoms with Crippen LogP contribution in [0, 0.1) is 0 Å². The molecule has 124 valence electrons. The van der Waals surface area contributed by atoms with Gasteiger partial charge >= 0.3 is 5.97 Å². The summed E-state index contributed by atoms with van der Waals surface area (Å²) >= 11 is 0. The second-order valence-corrected chi connectivity index (χ2v) is 4.94. The van der Waals surface area contributed by atoms with E-state index in [1.165, 1.54) is 31.9 Å². The molecule has 1 aromatic carbocycles. The summed E-state index contributed by atoms with van der Waals surface area (Å²) < 4.78 is 0. The molecule has 0 aliphatic rings. The van der Waals surface area contributed by atoms with Crippen LogP contribution < -0.4 is 5.32 Å². The quantitative estimate of drug-likeness (QED) is 0.717. The number of carboxylic acid groups (broad SMARTS) is 1. The van der Waals surface area contributed by atoms with E-state index in [-0.39, 0.29) is 18.1 Å². The van der Waals surface area contributed by atoms with Gasteiger partial charge in [0.1, 0.15) is 0 Å². The van der Waals surface area contributed by atoms with Gasteiger partial charge in [-0.2, -0.15) is 0 Å². The molecule has 3 N–H and O–H groups in total. The number of rotatable bonds is 7. The predicted octanol–water partition coefficient (Wildman–Crippen LogP) is 2.05. The third-order valence-corrected chi connectivity index (χ3v) is 2.83. The van der Waals surface area contributed by atoms with Gasteiger partial charge in [0.15, 0.2) is 0 Å². The minimum absolute atomic E-state index is 0.178. The van der Waals surface area contributed by atoms with Crippen LogP contribution in [0.4, 0.5) is 5.69 Å². The van der Waals surface area contributed by atoms with E-state index in [0.29, 0.717) is 5.69 Å². The smallest absolute Gasteiger partial charge is 0.335 e. The summed E-state index contributed by atoms with van der Waals surface area (Å²) in [6.45, 7) is 5.76. The van der Waals surface area contributed by atoms with Gasteiger partial charge in [-0.15, -0.1) is 0 Å². The highest BCUT2D eigenvalue weighted by Gasteiger charge is 2.01. The fourth-order valence-corrected chi connectivity index (χ4v) is 1.61. The second-order valence-electron chi connectivity index (χ2n) is 4.94. The Bertz CT molecular complexity index is 446. The third kappa shape index (κ3) is 9.90. The van der Waals surface area contributed by atoms with E-state index >= 15 is 0 Å². The van der Waals surface area contributed by atoms with Crippen LogP contribution in [0.15, 0.2) is 24.3 Å². The maximum atomic E-state index is 10.6. The van der Waals surface area contributed by atoms with Crippen molar-refractivity contribution < 1.29 is 19.8 Å². The molecule has 1 amide bonds. The van der Waals surface area contributed by atoms with Crippen LogP contribution in [0.2, 0.25) is 0 Å². The number of carbonyl (C=O) groups excluding carboxylic acids is 1. The number of anilines is 1. The van der Waals surface area contributed by atoms with Crippen LogP contribution in [-0.4, -0.2) is 53.7 Å². The Morgan fingerprint density at radius 3 is 2.18 bits per heavy atom. The van der Waals surface area contributed by atoms with Gasteiger partial charge < -0.3 is 20.4 Å². The molecular weight excluding hydrogens is 284 g/mol. The molecule has 0 aromatic heterocycles. The lowest BCUT2D eigenvalue weighted by atomic mass is 10.2. The standard InChI is InChI=1S/C9H9NO3.C7H17NO/c1-6(11)10-8-4-2-7(3-5-8)9(12)13;1-3-4-5-8(2)6-7-9/h2-5H,1H3,(H,10,11)(H,12,13);9H,3-7H2,1-2H3. The number of likely N-dealkylation sites (N-methyl/N-ethyl adjacent to an activating group) is 1. The average molecular weight is 310 g/mol. The summed E-state index contributed by atoms with van der Waals surface area (Å²) in [5, 5.41) is 19.6. The molecule has 6 nitrogen and oxygen atoms in total. The molecule has 0 spiro atoms. The lowest BCUT2D eigenvalue weighted by Gasteiger charge is -2.13. The first-order valence-electron chi connectivity index (χ1n) is 7.31. The van der Waals surface area contributed by atoms with Gasteiger partial charge in [0, 0.05) is 19.2 Å². The van der Waals surface area contributed by atoms with Gasteiger partial charge in [-0.3, -0.25) is 4.79 Å². The van der Waals surface area contributed by atoms with Crippen LogP contribution in [0.1, 0.15) is 37.0 Å². The molecule has 0 atom stereocenters. The number of benzene rings is 1. The van der Waals surface area contributed by atoms with E-state index in [4.69, 9.17) is 10.2 Å². The fraction of sp³-hybridized carbons (Fsp3) is 0.500. The molecule has 6 heteroatoms. The van der Waals surface area contributed by atoms with Crippen LogP contribution in [0.5, 0.6) is 0 Å². The molecule has 0 unspecified atom stereocenters. The maximum Gasteiger partial charge on any atom is 0.335 e. The average Bonchev–Trinajstić information content (AvgIpc) is 2.46. The number of nitrogens with one attached hydrogen (secondary N) is 1.